The first-order valence-corrected chi connectivity index (χ1v) is 4.66. The highest BCUT2D eigenvalue weighted by Crippen LogP contribution is 2.14. The molecule has 1 heterocycles. The molecule has 0 spiro atoms. The molecule has 1 rings (SSSR count). The van der Waals surface area contributed by atoms with Crippen molar-refractivity contribution in [3.63, 3.8) is 0 Å². The molecule has 0 amide bonds. The van der Waals surface area contributed by atoms with Gasteiger partial charge in [-0.3, -0.25) is 0 Å². The minimum Gasteiger partial charge on any atom is -0.489 e. The molecule has 1 atom stereocenters. The smallest absolute Gasteiger partial charge is 0.140 e. The molecule has 0 N–H and O–H groups in total. The van der Waals surface area contributed by atoms with E-state index < -0.39 is 0 Å². The van der Waals surface area contributed by atoms with Crippen molar-refractivity contribution >= 4 is 0 Å². The van der Waals surface area contributed by atoms with Gasteiger partial charge in [-0.15, -0.1) is 0 Å². The Kier molecular flexibility index (Phi) is 3.47. The fourth-order valence-electron chi connectivity index (χ4n) is 0.867. The number of nitrogens with zero attached hydrogens (tertiary/aromatic N) is 2. The monoisotopic (exact) mass is 190 g/mol. The minimum atomic E-state index is 0.157. The van der Waals surface area contributed by atoms with E-state index in [0.717, 1.165) is 0 Å². The standard InChI is InChI=1S/C11H14N2O/c1-8(2)9(3)14-11-5-4-10(6-12)13-7-11/h4-5,7-9H,1-3H3. The summed E-state index contributed by atoms with van der Waals surface area (Å²) in [6, 6.07) is 5.39. The summed E-state index contributed by atoms with van der Waals surface area (Å²) in [5, 5.41) is 8.55. The predicted molar refractivity (Wildman–Crippen MR) is 53.9 cm³/mol. The topological polar surface area (TPSA) is 45.9 Å². The minimum absolute atomic E-state index is 0.157. The lowest BCUT2D eigenvalue weighted by molar-refractivity contribution is 0.170. The fraction of sp³-hybridized carbons (Fsp3) is 0.455. The Balaban J connectivity index is 2.65. The van der Waals surface area contributed by atoms with Crippen LogP contribution >= 0.6 is 0 Å². The van der Waals surface area contributed by atoms with Crippen LogP contribution in [0.15, 0.2) is 18.3 Å². The number of ether oxygens (including phenoxy) is 1. The van der Waals surface area contributed by atoms with Gasteiger partial charge in [0.15, 0.2) is 0 Å². The van der Waals surface area contributed by atoms with E-state index in [1.54, 1.807) is 18.3 Å². The van der Waals surface area contributed by atoms with Gasteiger partial charge >= 0.3 is 0 Å². The maximum absolute atomic E-state index is 8.55. The Bertz CT molecular complexity index is 324. The van der Waals surface area contributed by atoms with Crippen molar-refractivity contribution in [2.45, 2.75) is 26.9 Å². The molecule has 0 aliphatic rings. The maximum atomic E-state index is 8.55. The fourth-order valence-corrected chi connectivity index (χ4v) is 0.867. The zero-order valence-corrected chi connectivity index (χ0v) is 8.69. The number of rotatable bonds is 3. The normalized spacial score (nSPS) is 12.2. The third kappa shape index (κ3) is 2.74. The third-order valence-corrected chi connectivity index (χ3v) is 2.11. The summed E-state index contributed by atoms with van der Waals surface area (Å²) in [4.78, 5) is 3.92. The summed E-state index contributed by atoms with van der Waals surface area (Å²) in [7, 11) is 0. The molecule has 1 aromatic heterocycles. The van der Waals surface area contributed by atoms with E-state index in [1.165, 1.54) is 0 Å². The van der Waals surface area contributed by atoms with Crippen molar-refractivity contribution in [1.29, 1.82) is 5.26 Å². The molecule has 1 aromatic rings. The van der Waals surface area contributed by atoms with Gasteiger partial charge in [0.1, 0.15) is 17.5 Å². The van der Waals surface area contributed by atoms with Gasteiger partial charge in [-0.25, -0.2) is 4.98 Å². The number of hydrogen-bond acceptors (Lipinski definition) is 3. The van der Waals surface area contributed by atoms with Gasteiger partial charge in [0.25, 0.3) is 0 Å². The van der Waals surface area contributed by atoms with Gasteiger partial charge in [-0.2, -0.15) is 5.26 Å². The number of aromatic nitrogens is 1. The Labute approximate surface area is 84.3 Å². The van der Waals surface area contributed by atoms with Crippen LogP contribution in [0.1, 0.15) is 26.5 Å². The molecule has 0 saturated carbocycles. The molecule has 0 radical (unpaired) electrons. The molecule has 0 saturated heterocycles. The van der Waals surface area contributed by atoms with Gasteiger partial charge in [-0.1, -0.05) is 13.8 Å². The molecule has 14 heavy (non-hydrogen) atoms. The van der Waals surface area contributed by atoms with Crippen LogP contribution in [0.2, 0.25) is 0 Å². The van der Waals surface area contributed by atoms with Crippen molar-refractivity contribution in [2.24, 2.45) is 5.92 Å². The summed E-state index contributed by atoms with van der Waals surface area (Å²) in [6.07, 6.45) is 1.74. The van der Waals surface area contributed by atoms with Crippen LogP contribution < -0.4 is 4.74 Å². The lowest BCUT2D eigenvalue weighted by Crippen LogP contribution is -2.18. The van der Waals surface area contributed by atoms with Gasteiger partial charge < -0.3 is 4.74 Å². The average molecular weight is 190 g/mol. The zero-order valence-electron chi connectivity index (χ0n) is 8.69. The van der Waals surface area contributed by atoms with Crippen molar-refractivity contribution in [3.8, 4) is 11.8 Å². The van der Waals surface area contributed by atoms with E-state index in [0.29, 0.717) is 17.4 Å². The van der Waals surface area contributed by atoms with Gasteiger partial charge in [0.2, 0.25) is 0 Å². The Morgan fingerprint density at radius 3 is 2.50 bits per heavy atom. The summed E-state index contributed by atoms with van der Waals surface area (Å²) >= 11 is 0. The van der Waals surface area contributed by atoms with Crippen molar-refractivity contribution in [1.82, 2.24) is 4.98 Å². The highest BCUT2D eigenvalue weighted by atomic mass is 16.5. The molecular formula is C11H14N2O. The largest absolute Gasteiger partial charge is 0.489 e. The molecule has 74 valence electrons. The van der Waals surface area contributed by atoms with E-state index in [1.807, 2.05) is 13.0 Å². The van der Waals surface area contributed by atoms with Crippen LogP contribution in [-0.2, 0) is 0 Å². The highest BCUT2D eigenvalue weighted by Gasteiger charge is 2.08. The van der Waals surface area contributed by atoms with Crippen LogP contribution in [-0.4, -0.2) is 11.1 Å². The van der Waals surface area contributed by atoms with Crippen LogP contribution in [0.5, 0.6) is 5.75 Å². The zero-order chi connectivity index (χ0) is 10.6. The number of nitriles is 1. The molecule has 0 fully saturated rings. The van der Waals surface area contributed by atoms with Gasteiger partial charge in [0.05, 0.1) is 12.3 Å². The number of pyridine rings is 1. The van der Waals surface area contributed by atoms with Gasteiger partial charge in [0, 0.05) is 0 Å². The SMILES string of the molecule is CC(C)C(C)Oc1ccc(C#N)nc1. The van der Waals surface area contributed by atoms with Crippen molar-refractivity contribution < 1.29 is 4.74 Å². The maximum Gasteiger partial charge on any atom is 0.140 e. The van der Waals surface area contributed by atoms with Crippen LogP contribution in [0.3, 0.4) is 0 Å². The Hall–Kier alpha value is -1.56. The Morgan fingerprint density at radius 1 is 1.36 bits per heavy atom. The van der Waals surface area contributed by atoms with E-state index in [-0.39, 0.29) is 6.10 Å². The third-order valence-electron chi connectivity index (χ3n) is 2.11. The molecule has 0 aliphatic heterocycles. The number of hydrogen-bond donors (Lipinski definition) is 0. The summed E-state index contributed by atoms with van der Waals surface area (Å²) < 4.78 is 5.60. The summed E-state index contributed by atoms with van der Waals surface area (Å²) in [5.41, 5.74) is 0.412. The van der Waals surface area contributed by atoms with Crippen LogP contribution in [0.25, 0.3) is 0 Å². The summed E-state index contributed by atoms with van der Waals surface area (Å²) in [6.45, 7) is 6.21. The van der Waals surface area contributed by atoms with E-state index >= 15 is 0 Å². The molecule has 1 unspecified atom stereocenters. The van der Waals surface area contributed by atoms with Crippen molar-refractivity contribution in [2.75, 3.05) is 0 Å². The quantitative estimate of drug-likeness (QED) is 0.735. The van der Waals surface area contributed by atoms with Crippen LogP contribution in [0, 0.1) is 17.2 Å². The van der Waals surface area contributed by atoms with Crippen molar-refractivity contribution in [3.05, 3.63) is 24.0 Å². The first-order chi connectivity index (χ1) is 6.63. The first-order valence-electron chi connectivity index (χ1n) is 4.66. The van der Waals surface area contributed by atoms with Gasteiger partial charge in [-0.05, 0) is 25.0 Å². The average Bonchev–Trinajstić information content (AvgIpc) is 2.19. The van der Waals surface area contributed by atoms with E-state index in [2.05, 4.69) is 18.8 Å². The van der Waals surface area contributed by atoms with E-state index in [9.17, 15) is 0 Å². The molecule has 3 heteroatoms. The van der Waals surface area contributed by atoms with E-state index in [4.69, 9.17) is 10.00 Å². The highest BCUT2D eigenvalue weighted by molar-refractivity contribution is 5.26. The molecule has 0 aliphatic carbocycles. The molecule has 3 nitrogen and oxygen atoms in total. The lowest BCUT2D eigenvalue weighted by atomic mass is 10.1. The second-order valence-electron chi connectivity index (χ2n) is 3.56. The second-order valence-corrected chi connectivity index (χ2v) is 3.56. The molecule has 0 aromatic carbocycles. The lowest BCUT2D eigenvalue weighted by Gasteiger charge is -2.17. The predicted octanol–water partition coefficient (Wildman–Crippen LogP) is 2.38. The molecular weight excluding hydrogens is 176 g/mol. The second kappa shape index (κ2) is 4.61. The van der Waals surface area contributed by atoms with Crippen LogP contribution in [0.4, 0.5) is 0 Å². The first kappa shape index (κ1) is 10.5. The Morgan fingerprint density at radius 2 is 2.07 bits per heavy atom. The molecule has 0 bridgehead atoms. The summed E-state index contributed by atoms with van der Waals surface area (Å²) in [5.74, 6) is 1.18.